The third kappa shape index (κ3) is 4.82. The lowest BCUT2D eigenvalue weighted by Crippen LogP contribution is -2.19. The number of aromatic nitrogens is 2. The Hall–Kier alpha value is -1.05. The average molecular weight is 231 g/mol. The number of hydrogen-bond acceptors (Lipinski definition) is 6. The van der Waals surface area contributed by atoms with Crippen LogP contribution in [0, 0.1) is 6.92 Å². The molecule has 1 amide bonds. The highest BCUT2D eigenvalue weighted by molar-refractivity contribution is 7.15. The molecular formula is C8H13N3O3S. The highest BCUT2D eigenvalue weighted by Crippen LogP contribution is 2.12. The van der Waals surface area contributed by atoms with Gasteiger partial charge in [-0.1, -0.05) is 11.3 Å². The van der Waals surface area contributed by atoms with Gasteiger partial charge in [0.15, 0.2) is 0 Å². The van der Waals surface area contributed by atoms with Crippen LogP contribution in [-0.2, 0) is 14.3 Å². The molecule has 1 heterocycles. The molecule has 1 rings (SSSR count). The monoisotopic (exact) mass is 231 g/mol. The van der Waals surface area contributed by atoms with Crippen molar-refractivity contribution in [1.29, 1.82) is 0 Å². The largest absolute Gasteiger partial charge is 0.382 e. The smallest absolute Gasteiger partial charge is 0.252 e. The maximum Gasteiger partial charge on any atom is 0.252 e. The van der Waals surface area contributed by atoms with Crippen LogP contribution in [0.1, 0.15) is 5.01 Å². The van der Waals surface area contributed by atoms with Crippen molar-refractivity contribution in [3.05, 3.63) is 5.01 Å². The van der Waals surface area contributed by atoms with Gasteiger partial charge in [-0.05, 0) is 6.92 Å². The average Bonchev–Trinajstić information content (AvgIpc) is 2.59. The van der Waals surface area contributed by atoms with Gasteiger partial charge in [-0.2, -0.15) is 0 Å². The van der Waals surface area contributed by atoms with Gasteiger partial charge in [0.2, 0.25) is 5.13 Å². The van der Waals surface area contributed by atoms with Crippen LogP contribution in [0.25, 0.3) is 0 Å². The minimum absolute atomic E-state index is 0.00197. The fourth-order valence-corrected chi connectivity index (χ4v) is 1.42. The highest BCUT2D eigenvalue weighted by Gasteiger charge is 2.05. The highest BCUT2D eigenvalue weighted by atomic mass is 32.1. The molecule has 0 saturated heterocycles. The van der Waals surface area contributed by atoms with Gasteiger partial charge < -0.3 is 9.47 Å². The van der Waals surface area contributed by atoms with E-state index in [1.165, 1.54) is 11.3 Å². The van der Waals surface area contributed by atoms with Gasteiger partial charge in [0.1, 0.15) is 11.6 Å². The summed E-state index contributed by atoms with van der Waals surface area (Å²) < 4.78 is 9.80. The van der Waals surface area contributed by atoms with Gasteiger partial charge >= 0.3 is 0 Å². The topological polar surface area (TPSA) is 73.3 Å². The quantitative estimate of drug-likeness (QED) is 0.719. The minimum Gasteiger partial charge on any atom is -0.382 e. The molecule has 7 heteroatoms. The second kappa shape index (κ2) is 6.44. The summed E-state index contributed by atoms with van der Waals surface area (Å²) >= 11 is 1.33. The predicted octanol–water partition coefficient (Wildman–Crippen LogP) is 0.448. The molecule has 0 unspecified atom stereocenters. The normalized spacial score (nSPS) is 10.3. The van der Waals surface area contributed by atoms with Crippen molar-refractivity contribution in [2.45, 2.75) is 6.92 Å². The third-order valence-electron chi connectivity index (χ3n) is 1.44. The Morgan fingerprint density at radius 3 is 2.87 bits per heavy atom. The van der Waals surface area contributed by atoms with Crippen LogP contribution in [-0.4, -0.2) is 43.0 Å². The number of aryl methyl sites for hydroxylation is 1. The minimum atomic E-state index is -0.234. The van der Waals surface area contributed by atoms with Gasteiger partial charge in [0, 0.05) is 7.11 Å². The van der Waals surface area contributed by atoms with Crippen LogP contribution in [0.3, 0.4) is 0 Å². The Morgan fingerprint density at radius 2 is 2.27 bits per heavy atom. The van der Waals surface area contributed by atoms with E-state index < -0.39 is 0 Å². The molecule has 0 aliphatic carbocycles. The van der Waals surface area contributed by atoms with Crippen LogP contribution in [0.5, 0.6) is 0 Å². The molecule has 1 aromatic heterocycles. The Kier molecular flexibility index (Phi) is 5.16. The summed E-state index contributed by atoms with van der Waals surface area (Å²) in [6.07, 6.45) is 0. The van der Waals surface area contributed by atoms with Crippen molar-refractivity contribution in [3.8, 4) is 0 Å². The molecule has 0 aliphatic heterocycles. The fourth-order valence-electron chi connectivity index (χ4n) is 0.810. The Bertz CT molecular complexity index is 316. The van der Waals surface area contributed by atoms with Crippen molar-refractivity contribution in [2.75, 3.05) is 32.2 Å². The number of rotatable bonds is 6. The van der Waals surface area contributed by atoms with Gasteiger partial charge in [-0.3, -0.25) is 10.1 Å². The summed E-state index contributed by atoms with van der Waals surface area (Å²) in [4.78, 5) is 11.2. The van der Waals surface area contributed by atoms with E-state index in [-0.39, 0.29) is 12.5 Å². The maximum absolute atomic E-state index is 11.2. The standard InChI is InChI=1S/C8H13N3O3S/c1-6-10-11-8(15-6)9-7(12)5-14-4-3-13-2/h3-5H2,1-2H3,(H,9,11,12). The van der Waals surface area contributed by atoms with E-state index in [1.807, 2.05) is 6.92 Å². The van der Waals surface area contributed by atoms with Gasteiger partial charge in [-0.25, -0.2) is 0 Å². The number of methoxy groups -OCH3 is 1. The maximum atomic E-state index is 11.2. The van der Waals surface area contributed by atoms with Gasteiger partial charge in [-0.15, -0.1) is 10.2 Å². The van der Waals surface area contributed by atoms with E-state index in [2.05, 4.69) is 15.5 Å². The molecule has 0 aromatic carbocycles. The van der Waals surface area contributed by atoms with Crippen LogP contribution >= 0.6 is 11.3 Å². The molecular weight excluding hydrogens is 218 g/mol. The molecule has 0 aliphatic rings. The number of nitrogens with zero attached hydrogens (tertiary/aromatic N) is 2. The summed E-state index contributed by atoms with van der Waals surface area (Å²) in [5, 5.41) is 11.4. The van der Waals surface area contributed by atoms with E-state index in [4.69, 9.17) is 9.47 Å². The number of hydrogen-bond donors (Lipinski definition) is 1. The molecule has 0 atom stereocenters. The van der Waals surface area contributed by atoms with Crippen LogP contribution in [0.2, 0.25) is 0 Å². The lowest BCUT2D eigenvalue weighted by Gasteiger charge is -2.02. The van der Waals surface area contributed by atoms with Gasteiger partial charge in [0.25, 0.3) is 5.91 Å². The summed E-state index contributed by atoms with van der Waals surface area (Å²) in [5.74, 6) is -0.234. The van der Waals surface area contributed by atoms with E-state index in [0.717, 1.165) is 5.01 Å². The Labute approximate surface area is 91.6 Å². The fraction of sp³-hybridized carbons (Fsp3) is 0.625. The molecule has 15 heavy (non-hydrogen) atoms. The number of nitrogens with one attached hydrogen (secondary N) is 1. The number of anilines is 1. The number of amides is 1. The predicted molar refractivity (Wildman–Crippen MR) is 56.0 cm³/mol. The number of carbonyl (C=O) groups is 1. The molecule has 1 N–H and O–H groups in total. The van der Waals surface area contributed by atoms with Crippen LogP contribution in [0.15, 0.2) is 0 Å². The molecule has 6 nitrogen and oxygen atoms in total. The summed E-state index contributed by atoms with van der Waals surface area (Å²) in [5.41, 5.74) is 0. The second-order valence-corrected chi connectivity index (χ2v) is 3.90. The Balaban J connectivity index is 2.18. The Morgan fingerprint density at radius 1 is 1.47 bits per heavy atom. The summed E-state index contributed by atoms with van der Waals surface area (Å²) in [6.45, 7) is 2.70. The zero-order valence-electron chi connectivity index (χ0n) is 8.65. The number of carbonyl (C=O) groups excluding carboxylic acids is 1. The van der Waals surface area contributed by atoms with Crippen molar-refractivity contribution in [3.63, 3.8) is 0 Å². The first-order valence-electron chi connectivity index (χ1n) is 4.39. The molecule has 1 aromatic rings. The zero-order chi connectivity index (χ0) is 11.1. The van der Waals surface area contributed by atoms with Gasteiger partial charge in [0.05, 0.1) is 13.2 Å². The molecule has 0 spiro atoms. The first kappa shape index (κ1) is 12.0. The first-order chi connectivity index (χ1) is 7.22. The zero-order valence-corrected chi connectivity index (χ0v) is 9.47. The summed E-state index contributed by atoms with van der Waals surface area (Å²) in [6, 6.07) is 0. The molecule has 84 valence electrons. The van der Waals surface area contributed by atoms with E-state index in [0.29, 0.717) is 18.3 Å². The molecule has 0 bridgehead atoms. The SMILES string of the molecule is COCCOCC(=O)Nc1nnc(C)s1. The van der Waals surface area contributed by atoms with E-state index in [1.54, 1.807) is 7.11 Å². The van der Waals surface area contributed by atoms with Crippen LogP contribution < -0.4 is 5.32 Å². The second-order valence-electron chi connectivity index (χ2n) is 2.72. The number of ether oxygens (including phenoxy) is 2. The van der Waals surface area contributed by atoms with Crippen molar-refractivity contribution in [1.82, 2.24) is 10.2 Å². The van der Waals surface area contributed by atoms with E-state index >= 15 is 0 Å². The lowest BCUT2D eigenvalue weighted by molar-refractivity contribution is -0.121. The summed E-state index contributed by atoms with van der Waals surface area (Å²) in [7, 11) is 1.58. The lowest BCUT2D eigenvalue weighted by atomic mass is 10.6. The van der Waals surface area contributed by atoms with Crippen molar-refractivity contribution >= 4 is 22.4 Å². The molecule has 0 radical (unpaired) electrons. The first-order valence-corrected chi connectivity index (χ1v) is 5.20. The van der Waals surface area contributed by atoms with Crippen molar-refractivity contribution < 1.29 is 14.3 Å². The van der Waals surface area contributed by atoms with E-state index in [9.17, 15) is 4.79 Å². The van der Waals surface area contributed by atoms with Crippen LogP contribution in [0.4, 0.5) is 5.13 Å². The van der Waals surface area contributed by atoms with Crippen molar-refractivity contribution in [2.24, 2.45) is 0 Å². The molecule has 0 fully saturated rings. The molecule has 0 saturated carbocycles. The third-order valence-corrected chi connectivity index (χ3v) is 2.19.